The zero-order valence-electron chi connectivity index (χ0n) is 10.9. The summed E-state index contributed by atoms with van der Waals surface area (Å²) in [7, 11) is 2.88. The van der Waals surface area contributed by atoms with Gasteiger partial charge >= 0.3 is 5.97 Å². The van der Waals surface area contributed by atoms with Crippen molar-refractivity contribution in [3.63, 3.8) is 0 Å². The van der Waals surface area contributed by atoms with Gasteiger partial charge in [0.1, 0.15) is 11.6 Å². The molecular formula is C13H12BrN3O3. The second-order valence-corrected chi connectivity index (χ2v) is 4.61. The molecule has 0 unspecified atom stereocenters. The minimum atomic E-state index is -0.533. The van der Waals surface area contributed by atoms with Crippen molar-refractivity contribution in [2.24, 2.45) is 0 Å². The van der Waals surface area contributed by atoms with Crippen LogP contribution in [0.15, 0.2) is 35.1 Å². The summed E-state index contributed by atoms with van der Waals surface area (Å²) in [6, 6.07) is 5.49. The first-order valence-electron chi connectivity index (χ1n) is 5.65. The molecule has 0 aliphatic carbocycles. The van der Waals surface area contributed by atoms with Crippen molar-refractivity contribution in [1.29, 1.82) is 0 Å². The lowest BCUT2D eigenvalue weighted by atomic mass is 10.3. The Hall–Kier alpha value is -2.15. The van der Waals surface area contributed by atoms with Crippen LogP contribution in [0.25, 0.3) is 0 Å². The summed E-state index contributed by atoms with van der Waals surface area (Å²) in [6.45, 7) is 0. The van der Waals surface area contributed by atoms with Gasteiger partial charge in [-0.25, -0.2) is 9.78 Å². The van der Waals surface area contributed by atoms with E-state index in [1.165, 1.54) is 19.5 Å². The number of hydrogen-bond acceptors (Lipinski definition) is 6. The molecule has 1 N–H and O–H groups in total. The van der Waals surface area contributed by atoms with Crippen molar-refractivity contribution in [3.8, 4) is 5.75 Å². The molecule has 0 fully saturated rings. The zero-order valence-corrected chi connectivity index (χ0v) is 12.5. The largest absolute Gasteiger partial charge is 0.495 e. The number of methoxy groups -OCH3 is 2. The van der Waals surface area contributed by atoms with Crippen molar-refractivity contribution in [1.82, 2.24) is 9.97 Å². The van der Waals surface area contributed by atoms with Gasteiger partial charge in [0, 0.05) is 11.8 Å². The van der Waals surface area contributed by atoms with Gasteiger partial charge < -0.3 is 14.8 Å². The van der Waals surface area contributed by atoms with E-state index in [0.29, 0.717) is 11.6 Å². The summed E-state index contributed by atoms with van der Waals surface area (Å²) >= 11 is 3.37. The van der Waals surface area contributed by atoms with Crippen molar-refractivity contribution >= 4 is 33.4 Å². The second kappa shape index (κ2) is 6.33. The highest BCUT2D eigenvalue weighted by Gasteiger charge is 2.09. The molecule has 1 heterocycles. The Morgan fingerprint density at radius 1 is 1.30 bits per heavy atom. The molecule has 1 aromatic heterocycles. The van der Waals surface area contributed by atoms with Gasteiger partial charge in [0.25, 0.3) is 0 Å². The van der Waals surface area contributed by atoms with Crippen LogP contribution in [0, 0.1) is 0 Å². The van der Waals surface area contributed by atoms with Gasteiger partial charge in [-0.15, -0.1) is 0 Å². The van der Waals surface area contributed by atoms with Gasteiger partial charge in [0.2, 0.25) is 0 Å². The first kappa shape index (κ1) is 14.3. The van der Waals surface area contributed by atoms with Crippen molar-refractivity contribution in [2.75, 3.05) is 19.5 Å². The van der Waals surface area contributed by atoms with Crippen LogP contribution >= 0.6 is 15.9 Å². The minimum absolute atomic E-state index is 0.140. The molecular weight excluding hydrogens is 326 g/mol. The van der Waals surface area contributed by atoms with Crippen LogP contribution in [0.3, 0.4) is 0 Å². The smallest absolute Gasteiger partial charge is 0.358 e. The van der Waals surface area contributed by atoms with Crippen LogP contribution in [-0.4, -0.2) is 30.2 Å². The maximum Gasteiger partial charge on any atom is 0.358 e. The molecule has 7 heteroatoms. The molecule has 0 amide bonds. The summed E-state index contributed by atoms with van der Waals surface area (Å²) in [5.74, 6) is 0.596. The molecule has 0 spiro atoms. The predicted molar refractivity (Wildman–Crippen MR) is 77.3 cm³/mol. The fourth-order valence-corrected chi connectivity index (χ4v) is 1.92. The minimum Gasteiger partial charge on any atom is -0.495 e. The van der Waals surface area contributed by atoms with E-state index < -0.39 is 5.97 Å². The molecule has 6 nitrogen and oxygen atoms in total. The number of anilines is 2. The van der Waals surface area contributed by atoms with Crippen molar-refractivity contribution in [2.45, 2.75) is 0 Å². The topological polar surface area (TPSA) is 73.3 Å². The number of halogens is 1. The molecule has 104 valence electrons. The molecule has 0 aliphatic rings. The molecule has 0 radical (unpaired) electrons. The Labute approximate surface area is 124 Å². The third-order valence-corrected chi connectivity index (χ3v) is 3.11. The van der Waals surface area contributed by atoms with Crippen LogP contribution in [0.5, 0.6) is 5.75 Å². The molecule has 1 aromatic carbocycles. The maximum absolute atomic E-state index is 11.4. The van der Waals surface area contributed by atoms with E-state index in [2.05, 4.69) is 36.0 Å². The van der Waals surface area contributed by atoms with Gasteiger partial charge in [0.05, 0.1) is 31.1 Å². The third kappa shape index (κ3) is 3.24. The van der Waals surface area contributed by atoms with E-state index in [-0.39, 0.29) is 5.69 Å². The molecule has 0 atom stereocenters. The van der Waals surface area contributed by atoms with Crippen molar-refractivity contribution in [3.05, 3.63) is 40.8 Å². The average molecular weight is 338 g/mol. The highest BCUT2D eigenvalue weighted by Crippen LogP contribution is 2.28. The molecule has 2 aromatic rings. The Kier molecular flexibility index (Phi) is 4.52. The van der Waals surface area contributed by atoms with Crippen LogP contribution < -0.4 is 10.1 Å². The standard InChI is InChI=1S/C13H12BrN3O3/c1-19-11-5-8(3-4-9(11)14)16-12-7-15-6-10(17-12)13(18)20-2/h3-7H,1-2H3,(H,16,17). The van der Waals surface area contributed by atoms with E-state index >= 15 is 0 Å². The first-order chi connectivity index (χ1) is 9.63. The van der Waals surface area contributed by atoms with E-state index in [0.717, 1.165) is 10.2 Å². The number of esters is 1. The van der Waals surface area contributed by atoms with E-state index in [1.54, 1.807) is 13.2 Å². The van der Waals surface area contributed by atoms with Crippen LogP contribution in [0.4, 0.5) is 11.5 Å². The highest BCUT2D eigenvalue weighted by molar-refractivity contribution is 9.10. The Bertz CT molecular complexity index is 634. The number of nitrogens with one attached hydrogen (secondary N) is 1. The molecule has 0 saturated heterocycles. The predicted octanol–water partition coefficient (Wildman–Crippen LogP) is 2.78. The number of hydrogen-bond donors (Lipinski definition) is 1. The van der Waals surface area contributed by atoms with Gasteiger partial charge in [-0.2, -0.15) is 0 Å². The van der Waals surface area contributed by atoms with Gasteiger partial charge in [-0.3, -0.25) is 4.98 Å². The number of rotatable bonds is 4. The maximum atomic E-state index is 11.4. The summed E-state index contributed by atoms with van der Waals surface area (Å²) < 4.78 is 10.7. The summed E-state index contributed by atoms with van der Waals surface area (Å²) in [4.78, 5) is 19.4. The fourth-order valence-electron chi connectivity index (χ4n) is 1.51. The molecule has 0 aliphatic heterocycles. The Morgan fingerprint density at radius 3 is 2.80 bits per heavy atom. The fraction of sp³-hybridized carbons (Fsp3) is 0.154. The number of carbonyl (C=O) groups excluding carboxylic acids is 1. The van der Waals surface area contributed by atoms with E-state index in [4.69, 9.17) is 4.74 Å². The van der Waals surface area contributed by atoms with Crippen LogP contribution in [-0.2, 0) is 4.74 Å². The first-order valence-corrected chi connectivity index (χ1v) is 6.44. The van der Waals surface area contributed by atoms with Gasteiger partial charge in [0.15, 0.2) is 5.69 Å². The quantitative estimate of drug-likeness (QED) is 0.865. The SMILES string of the molecule is COC(=O)c1cncc(Nc2ccc(Br)c(OC)c2)n1. The normalized spacial score (nSPS) is 9.95. The number of nitrogens with zero attached hydrogens (tertiary/aromatic N) is 2. The van der Waals surface area contributed by atoms with Crippen molar-refractivity contribution < 1.29 is 14.3 Å². The monoisotopic (exact) mass is 337 g/mol. The highest BCUT2D eigenvalue weighted by atomic mass is 79.9. The number of carbonyl (C=O) groups is 1. The molecule has 0 bridgehead atoms. The number of ether oxygens (including phenoxy) is 2. The summed E-state index contributed by atoms with van der Waals surface area (Å²) in [6.07, 6.45) is 2.86. The average Bonchev–Trinajstić information content (AvgIpc) is 2.48. The lowest BCUT2D eigenvalue weighted by molar-refractivity contribution is 0.0593. The summed E-state index contributed by atoms with van der Waals surface area (Å²) in [5.41, 5.74) is 0.906. The van der Waals surface area contributed by atoms with Crippen LogP contribution in [0.2, 0.25) is 0 Å². The van der Waals surface area contributed by atoms with Gasteiger partial charge in [-0.05, 0) is 28.1 Å². The molecule has 2 rings (SSSR count). The number of aromatic nitrogens is 2. The third-order valence-electron chi connectivity index (χ3n) is 2.45. The number of benzene rings is 1. The lowest BCUT2D eigenvalue weighted by Crippen LogP contribution is -2.06. The van der Waals surface area contributed by atoms with Crippen LogP contribution in [0.1, 0.15) is 10.5 Å². The molecule has 20 heavy (non-hydrogen) atoms. The van der Waals surface area contributed by atoms with Gasteiger partial charge in [-0.1, -0.05) is 0 Å². The Morgan fingerprint density at radius 2 is 2.10 bits per heavy atom. The zero-order chi connectivity index (χ0) is 14.5. The summed E-state index contributed by atoms with van der Waals surface area (Å²) in [5, 5.41) is 3.04. The lowest BCUT2D eigenvalue weighted by Gasteiger charge is -2.09. The molecule has 0 saturated carbocycles. The second-order valence-electron chi connectivity index (χ2n) is 3.76. The van der Waals surface area contributed by atoms with E-state index in [1.807, 2.05) is 12.1 Å². The Balaban J connectivity index is 2.24. The van der Waals surface area contributed by atoms with E-state index in [9.17, 15) is 4.79 Å².